The molecule has 4 aliphatic rings. The summed E-state index contributed by atoms with van der Waals surface area (Å²) < 4.78 is 42.7. The van der Waals surface area contributed by atoms with E-state index in [1.54, 1.807) is 18.2 Å². The van der Waals surface area contributed by atoms with Crippen LogP contribution in [0.15, 0.2) is 41.5 Å². The van der Waals surface area contributed by atoms with Crippen molar-refractivity contribution in [1.82, 2.24) is 15.4 Å². The molecular weight excluding hydrogens is 718 g/mol. The highest BCUT2D eigenvalue weighted by Gasteiger charge is 2.69. The van der Waals surface area contributed by atoms with Crippen molar-refractivity contribution in [2.24, 2.45) is 11.8 Å². The maximum atomic E-state index is 16.9. The molecule has 1 aliphatic heterocycles. The fourth-order valence-electron chi connectivity index (χ4n) is 8.69. The Hall–Kier alpha value is -3.58. The molecule has 0 amide bonds. The molecule has 2 fully saturated rings. The zero-order valence-electron chi connectivity index (χ0n) is 33.8. The van der Waals surface area contributed by atoms with Crippen molar-refractivity contribution >= 4 is 25.6 Å². The first-order valence-electron chi connectivity index (χ1n) is 20.2. The van der Waals surface area contributed by atoms with Gasteiger partial charge in [-0.2, -0.15) is 0 Å². The Labute approximate surface area is 326 Å². The van der Waals surface area contributed by atoms with Gasteiger partial charge in [-0.15, -0.1) is 13.2 Å². The summed E-state index contributed by atoms with van der Waals surface area (Å²) in [6.07, 6.45) is 8.83. The molecule has 1 saturated heterocycles. The summed E-state index contributed by atoms with van der Waals surface area (Å²) in [6.45, 7) is 24.6. The van der Waals surface area contributed by atoms with Crippen LogP contribution in [0.3, 0.4) is 0 Å². The molecule has 10 nitrogen and oxygen atoms in total. The van der Waals surface area contributed by atoms with Gasteiger partial charge in [-0.25, -0.2) is 4.39 Å². The average Bonchev–Trinajstić information content (AvgIpc) is 3.81. The number of unbranched alkanes of at least 4 members (excludes halogenated alkanes) is 2. The van der Waals surface area contributed by atoms with Crippen LogP contribution in [0.2, 0.25) is 18.1 Å². The lowest BCUT2D eigenvalue weighted by atomic mass is 9.57. The quantitative estimate of drug-likeness (QED) is 0.0739. The maximum Gasteiger partial charge on any atom is 0.265 e. The first-order chi connectivity index (χ1) is 26.2. The second-order valence-corrected chi connectivity index (χ2v) is 21.9. The number of carbonyl (C=O) groups is 2. The van der Waals surface area contributed by atoms with Gasteiger partial charge in [-0.3, -0.25) is 14.5 Å². The number of halogens is 1. The van der Waals surface area contributed by atoms with Gasteiger partial charge in [0.15, 0.2) is 19.7 Å². The van der Waals surface area contributed by atoms with Crippen molar-refractivity contribution < 1.29 is 37.5 Å². The largest absolute Gasteiger partial charge is 0.507 e. The Bertz CT molecular complexity index is 1830. The summed E-state index contributed by atoms with van der Waals surface area (Å²) >= 11 is 0. The topological polar surface area (TPSA) is 123 Å². The third kappa shape index (κ3) is 7.06. The molecule has 300 valence electrons. The maximum absolute atomic E-state index is 16.9. The molecule has 2 N–H and O–H groups in total. The van der Waals surface area contributed by atoms with Gasteiger partial charge in [0.2, 0.25) is 11.6 Å². The molecule has 2 heterocycles. The van der Waals surface area contributed by atoms with E-state index in [1.165, 1.54) is 0 Å². The third-order valence-corrected chi connectivity index (χ3v) is 17.0. The van der Waals surface area contributed by atoms with Gasteiger partial charge in [-0.05, 0) is 80.3 Å². The number of hydrogen-bond donors (Lipinski definition) is 2. The standard InChI is InChI=1S/C43H60FN3O7Si/c1-10-14-21-51-31-25-27(30-17-16-18-45-30)35(44)28-23-26-24-29-36(47(19-12-3)20-13-4)38-34(41(46-53-38)52-22-15-11-2)40(50)43(29,54-55(8,9)42(5,6)7)39(49)32(26)37(48)33(28)31/h12-13,25-26,29-30,36,45,48H,3-4,10-11,14-24H2,1-2,5-9H3/t26-,29-,30?,36-,43-/m0/s1. The van der Waals surface area contributed by atoms with Gasteiger partial charge in [0.05, 0.1) is 24.8 Å². The summed E-state index contributed by atoms with van der Waals surface area (Å²) in [6, 6.07) is 0.816. The Morgan fingerprint density at radius 3 is 2.36 bits per heavy atom. The number of fused-ring (bicyclic) bond motifs is 4. The molecule has 0 spiro atoms. The number of Topliss-reactive ketones (excluding diaryl/α,β-unsaturated/α-hetero) is 2. The number of aromatic nitrogens is 1. The lowest BCUT2D eigenvalue weighted by Crippen LogP contribution is -2.68. The predicted molar refractivity (Wildman–Crippen MR) is 214 cm³/mol. The van der Waals surface area contributed by atoms with Crippen LogP contribution in [-0.2, 0) is 15.6 Å². The van der Waals surface area contributed by atoms with Gasteiger partial charge in [0.1, 0.15) is 22.9 Å². The number of carbonyl (C=O) groups excluding carboxylic acids is 2. The number of hydrogen-bond acceptors (Lipinski definition) is 10. The van der Waals surface area contributed by atoms with Crippen LogP contribution in [0.1, 0.15) is 124 Å². The van der Waals surface area contributed by atoms with Crippen LogP contribution in [0.4, 0.5) is 4.39 Å². The smallest absolute Gasteiger partial charge is 0.265 e. The van der Waals surface area contributed by atoms with Crippen molar-refractivity contribution in [3.8, 4) is 11.6 Å². The van der Waals surface area contributed by atoms with E-state index in [2.05, 4.69) is 56.2 Å². The van der Waals surface area contributed by atoms with E-state index in [0.717, 1.165) is 45.1 Å². The lowest BCUT2D eigenvalue weighted by molar-refractivity contribution is -0.141. The number of aliphatic hydroxyl groups excluding tert-OH is 1. The molecule has 1 aromatic carbocycles. The highest BCUT2D eigenvalue weighted by Crippen LogP contribution is 2.59. The second-order valence-electron chi connectivity index (χ2n) is 17.1. The van der Waals surface area contributed by atoms with Crippen LogP contribution in [0, 0.1) is 17.7 Å². The zero-order chi connectivity index (χ0) is 39.9. The highest BCUT2D eigenvalue weighted by atomic mass is 28.4. The second kappa shape index (κ2) is 16.1. The van der Waals surface area contributed by atoms with E-state index in [9.17, 15) is 5.11 Å². The Morgan fingerprint density at radius 2 is 1.76 bits per heavy atom. The zero-order valence-corrected chi connectivity index (χ0v) is 34.8. The molecule has 1 aromatic heterocycles. The van der Waals surface area contributed by atoms with Crippen molar-refractivity contribution in [2.75, 3.05) is 32.8 Å². The number of ether oxygens (including phenoxy) is 2. The van der Waals surface area contributed by atoms with Crippen molar-refractivity contribution in [3.05, 3.63) is 70.8 Å². The van der Waals surface area contributed by atoms with E-state index in [4.69, 9.17) is 18.4 Å². The summed E-state index contributed by atoms with van der Waals surface area (Å²) in [5.74, 6) is -2.69. The first-order valence-corrected chi connectivity index (χ1v) is 23.1. The van der Waals surface area contributed by atoms with Gasteiger partial charge in [-0.1, -0.05) is 59.6 Å². The van der Waals surface area contributed by atoms with Gasteiger partial charge in [0.25, 0.3) is 5.88 Å². The van der Waals surface area contributed by atoms with E-state index < -0.39 is 54.2 Å². The number of rotatable bonds is 16. The molecule has 1 saturated carbocycles. The SMILES string of the molecule is C=CCN(CC=C)[C@@H]1c2onc(OCCCC)c2C(=O)[C@@]2(O[Si](C)(C)C(C)(C)C)C(=O)C3=C(O)c4c(OCCCC)cc(C5CCCN5)c(F)c4C[C@H]3C[C@@H]12. The Balaban J connectivity index is 1.62. The highest BCUT2D eigenvalue weighted by molar-refractivity contribution is 6.74. The normalized spacial score (nSPS) is 25.0. The van der Waals surface area contributed by atoms with E-state index in [1.807, 2.05) is 20.0 Å². The van der Waals surface area contributed by atoms with Crippen molar-refractivity contribution in [2.45, 2.75) is 122 Å². The van der Waals surface area contributed by atoms with Crippen LogP contribution in [0.5, 0.6) is 11.6 Å². The number of ketones is 2. The van der Waals surface area contributed by atoms with Crippen LogP contribution >= 0.6 is 0 Å². The molecule has 6 rings (SSSR count). The summed E-state index contributed by atoms with van der Waals surface area (Å²) in [5.41, 5.74) is -0.886. The average molecular weight is 778 g/mol. The van der Waals surface area contributed by atoms with Crippen LogP contribution < -0.4 is 14.8 Å². The molecule has 5 atom stereocenters. The van der Waals surface area contributed by atoms with Crippen molar-refractivity contribution in [1.29, 1.82) is 0 Å². The monoisotopic (exact) mass is 777 g/mol. The van der Waals surface area contributed by atoms with E-state index in [-0.39, 0.29) is 47.2 Å². The van der Waals surface area contributed by atoms with E-state index in [0.29, 0.717) is 48.9 Å². The molecule has 3 aliphatic carbocycles. The van der Waals surface area contributed by atoms with Crippen LogP contribution in [-0.4, -0.2) is 73.5 Å². The number of nitrogens with zero attached hydrogens (tertiary/aromatic N) is 2. The third-order valence-electron chi connectivity index (χ3n) is 12.5. The minimum atomic E-state index is -2.95. The Morgan fingerprint density at radius 1 is 1.09 bits per heavy atom. The van der Waals surface area contributed by atoms with E-state index >= 15 is 14.0 Å². The van der Waals surface area contributed by atoms with Gasteiger partial charge < -0.3 is 28.8 Å². The molecule has 1 unspecified atom stereocenters. The summed E-state index contributed by atoms with van der Waals surface area (Å²) in [5, 5.41) is 19.7. The lowest BCUT2D eigenvalue weighted by Gasteiger charge is -2.55. The molecule has 0 bridgehead atoms. The van der Waals surface area contributed by atoms with Crippen molar-refractivity contribution in [3.63, 3.8) is 0 Å². The fourth-order valence-corrected chi connectivity index (χ4v) is 10.1. The number of nitrogens with one attached hydrogen (secondary N) is 1. The minimum absolute atomic E-state index is 0.0242. The summed E-state index contributed by atoms with van der Waals surface area (Å²) in [7, 11) is -2.95. The first kappa shape index (κ1) is 41.1. The number of benzene rings is 1. The molecule has 55 heavy (non-hydrogen) atoms. The minimum Gasteiger partial charge on any atom is -0.507 e. The number of aliphatic hydroxyl groups is 1. The molecular formula is C43H60FN3O7Si. The molecule has 0 radical (unpaired) electrons. The Kier molecular flexibility index (Phi) is 12.0. The van der Waals surface area contributed by atoms with Crippen LogP contribution in [0.25, 0.3) is 5.76 Å². The van der Waals surface area contributed by atoms with Gasteiger partial charge >= 0.3 is 0 Å². The molecule has 12 heteroatoms. The fraction of sp³-hybridized carbons (Fsp3) is 0.605. The predicted octanol–water partition coefficient (Wildman–Crippen LogP) is 9.00. The summed E-state index contributed by atoms with van der Waals surface area (Å²) in [4.78, 5) is 33.4. The molecule has 2 aromatic rings. The van der Waals surface area contributed by atoms with Gasteiger partial charge in [0, 0.05) is 41.7 Å².